The third-order valence-corrected chi connectivity index (χ3v) is 5.71. The van der Waals surface area contributed by atoms with Crippen LogP contribution in [0.4, 0.5) is 4.79 Å². The molecule has 0 amide bonds. The fraction of sp³-hybridized carbons (Fsp3) is 0.828. The first-order chi connectivity index (χ1) is 15.7. The highest BCUT2D eigenvalue weighted by atomic mass is 16.7. The number of carbonyl (C=O) groups is 1. The molecule has 0 bridgehead atoms. The summed E-state index contributed by atoms with van der Waals surface area (Å²) < 4.78 is 10.3. The van der Waals surface area contributed by atoms with E-state index in [2.05, 4.69) is 45.1 Å². The number of hydrogen-bond donors (Lipinski definition) is 0. The smallest absolute Gasteiger partial charge is 0.434 e. The van der Waals surface area contributed by atoms with Gasteiger partial charge < -0.3 is 9.47 Å². The van der Waals surface area contributed by atoms with Crippen LogP contribution in [0.1, 0.15) is 136 Å². The summed E-state index contributed by atoms with van der Waals surface area (Å²) in [6, 6.07) is 0. The fourth-order valence-corrected chi connectivity index (χ4v) is 3.63. The van der Waals surface area contributed by atoms with Gasteiger partial charge >= 0.3 is 6.16 Å². The topological polar surface area (TPSA) is 35.5 Å². The van der Waals surface area contributed by atoms with Crippen LogP contribution in [0.5, 0.6) is 0 Å². The van der Waals surface area contributed by atoms with Crippen molar-refractivity contribution in [2.75, 3.05) is 13.2 Å². The van der Waals surface area contributed by atoms with Gasteiger partial charge in [0.2, 0.25) is 0 Å². The van der Waals surface area contributed by atoms with Crippen LogP contribution in [0.2, 0.25) is 0 Å². The molecule has 0 rings (SSSR count). The van der Waals surface area contributed by atoms with Crippen molar-refractivity contribution in [3.05, 3.63) is 24.3 Å². The predicted octanol–water partition coefficient (Wildman–Crippen LogP) is 9.95. The van der Waals surface area contributed by atoms with E-state index in [0.717, 1.165) is 38.0 Å². The van der Waals surface area contributed by atoms with Crippen LogP contribution < -0.4 is 0 Å². The minimum absolute atomic E-state index is 0.489. The van der Waals surface area contributed by atoms with Crippen molar-refractivity contribution in [3.63, 3.8) is 0 Å². The molecule has 0 aliphatic heterocycles. The lowest BCUT2D eigenvalue weighted by Gasteiger charge is -2.07. The predicted molar refractivity (Wildman–Crippen MR) is 139 cm³/mol. The van der Waals surface area contributed by atoms with Crippen LogP contribution in [0.3, 0.4) is 0 Å². The maximum Gasteiger partial charge on any atom is 0.508 e. The summed E-state index contributed by atoms with van der Waals surface area (Å²) in [5, 5.41) is 0. The van der Waals surface area contributed by atoms with Crippen LogP contribution in [0, 0.1) is 5.92 Å². The van der Waals surface area contributed by atoms with E-state index in [1.807, 2.05) is 0 Å². The third-order valence-electron chi connectivity index (χ3n) is 5.71. The van der Waals surface area contributed by atoms with Crippen LogP contribution in [0.15, 0.2) is 24.3 Å². The Morgan fingerprint density at radius 1 is 0.625 bits per heavy atom. The van der Waals surface area contributed by atoms with Crippen molar-refractivity contribution >= 4 is 6.16 Å². The van der Waals surface area contributed by atoms with E-state index in [1.54, 1.807) is 0 Å². The Bertz CT molecular complexity index is 440. The molecule has 0 saturated carbocycles. The number of rotatable bonds is 23. The summed E-state index contributed by atoms with van der Waals surface area (Å²) in [5.74, 6) is 0.804. The molecule has 0 radical (unpaired) electrons. The molecule has 3 nitrogen and oxygen atoms in total. The van der Waals surface area contributed by atoms with E-state index >= 15 is 0 Å². The maximum atomic E-state index is 11.6. The molecule has 3 heteroatoms. The van der Waals surface area contributed by atoms with Gasteiger partial charge in [0.15, 0.2) is 0 Å². The van der Waals surface area contributed by atoms with Gasteiger partial charge in [-0.15, -0.1) is 0 Å². The highest BCUT2D eigenvalue weighted by Crippen LogP contribution is 2.11. The van der Waals surface area contributed by atoms with Crippen molar-refractivity contribution < 1.29 is 14.3 Å². The summed E-state index contributed by atoms with van der Waals surface area (Å²) in [6.45, 7) is 7.78. The van der Waals surface area contributed by atoms with Gasteiger partial charge in [-0.2, -0.15) is 0 Å². The lowest BCUT2D eigenvalue weighted by atomic mass is 10.0. The lowest BCUT2D eigenvalue weighted by molar-refractivity contribution is 0.0529. The molecular formula is C29H54O3. The number of carbonyl (C=O) groups excluding carboxylic acids is 1. The van der Waals surface area contributed by atoms with Gasteiger partial charge in [0.05, 0.1) is 13.2 Å². The molecule has 0 saturated heterocycles. The molecule has 0 atom stereocenters. The number of ether oxygens (including phenoxy) is 2. The molecule has 0 aliphatic rings. The van der Waals surface area contributed by atoms with E-state index in [9.17, 15) is 4.79 Å². The molecule has 0 aliphatic carbocycles. The van der Waals surface area contributed by atoms with Crippen LogP contribution in [0.25, 0.3) is 0 Å². The van der Waals surface area contributed by atoms with Crippen molar-refractivity contribution in [1.29, 1.82) is 0 Å². The largest absolute Gasteiger partial charge is 0.508 e. The monoisotopic (exact) mass is 450 g/mol. The molecule has 0 fully saturated rings. The van der Waals surface area contributed by atoms with Crippen molar-refractivity contribution in [2.24, 2.45) is 5.92 Å². The zero-order chi connectivity index (χ0) is 23.5. The second kappa shape index (κ2) is 26.0. The summed E-state index contributed by atoms with van der Waals surface area (Å²) in [5.41, 5.74) is 0. The summed E-state index contributed by atoms with van der Waals surface area (Å²) in [6.07, 6.45) is 30.6. The van der Waals surface area contributed by atoms with E-state index in [4.69, 9.17) is 9.47 Å². The molecular weight excluding hydrogens is 396 g/mol. The van der Waals surface area contributed by atoms with Crippen LogP contribution >= 0.6 is 0 Å². The zero-order valence-electron chi connectivity index (χ0n) is 21.8. The molecule has 0 N–H and O–H groups in total. The normalized spacial score (nSPS) is 11.8. The molecule has 0 spiro atoms. The summed E-state index contributed by atoms with van der Waals surface area (Å²) in [7, 11) is 0. The number of allylic oxidation sites excluding steroid dienone is 4. The Labute approximate surface area is 200 Å². The van der Waals surface area contributed by atoms with E-state index in [-0.39, 0.29) is 0 Å². The first kappa shape index (κ1) is 30.8. The van der Waals surface area contributed by atoms with Gasteiger partial charge in [-0.1, -0.05) is 116 Å². The Morgan fingerprint density at radius 3 is 1.62 bits per heavy atom. The van der Waals surface area contributed by atoms with E-state index in [1.165, 1.54) is 83.5 Å². The van der Waals surface area contributed by atoms with E-state index < -0.39 is 6.16 Å². The molecule has 0 aromatic carbocycles. The Morgan fingerprint density at radius 2 is 1.09 bits per heavy atom. The average Bonchev–Trinajstić information content (AvgIpc) is 2.77. The first-order valence-electron chi connectivity index (χ1n) is 13.8. The van der Waals surface area contributed by atoms with Gasteiger partial charge in [-0.25, -0.2) is 4.79 Å². The second-order valence-corrected chi connectivity index (χ2v) is 9.48. The molecule has 0 aromatic heterocycles. The Balaban J connectivity index is 3.24. The van der Waals surface area contributed by atoms with Gasteiger partial charge in [0.25, 0.3) is 0 Å². The summed E-state index contributed by atoms with van der Waals surface area (Å²) in [4.78, 5) is 11.6. The lowest BCUT2D eigenvalue weighted by Crippen LogP contribution is -2.09. The third kappa shape index (κ3) is 26.8. The van der Waals surface area contributed by atoms with Crippen LogP contribution in [-0.4, -0.2) is 19.4 Å². The zero-order valence-corrected chi connectivity index (χ0v) is 21.8. The maximum absolute atomic E-state index is 11.6. The number of unbranched alkanes of at least 4 members (excludes halogenated alkanes) is 13. The fourth-order valence-electron chi connectivity index (χ4n) is 3.63. The van der Waals surface area contributed by atoms with Gasteiger partial charge in [-0.05, 0) is 50.9 Å². The first-order valence-corrected chi connectivity index (χ1v) is 13.8. The highest BCUT2D eigenvalue weighted by Gasteiger charge is 2.03. The standard InChI is InChI=1S/C29H54O3/c1-4-5-6-7-8-9-10-11-12-13-14-15-16-17-20-23-26-31-29(30)32-27-24-21-18-19-22-25-28(2)3/h8-9,11-12,28H,4-7,10,13-27H2,1-3H3/b9-8-,12-11-. The summed E-state index contributed by atoms with van der Waals surface area (Å²) >= 11 is 0. The van der Waals surface area contributed by atoms with Gasteiger partial charge in [-0.3, -0.25) is 0 Å². The van der Waals surface area contributed by atoms with Crippen LogP contribution in [-0.2, 0) is 9.47 Å². The minimum atomic E-state index is -0.493. The molecule has 188 valence electrons. The quantitative estimate of drug-likeness (QED) is 0.0882. The minimum Gasteiger partial charge on any atom is -0.434 e. The Kier molecular flexibility index (Phi) is 25.0. The number of hydrogen-bond acceptors (Lipinski definition) is 3. The van der Waals surface area contributed by atoms with Crippen molar-refractivity contribution in [3.8, 4) is 0 Å². The SMILES string of the molecule is CCCCC/C=C\C/C=C\CCCCCCCCOC(=O)OCCCCCCCC(C)C. The highest BCUT2D eigenvalue weighted by molar-refractivity contribution is 5.59. The second-order valence-electron chi connectivity index (χ2n) is 9.48. The molecule has 0 unspecified atom stereocenters. The molecule has 32 heavy (non-hydrogen) atoms. The van der Waals surface area contributed by atoms with Gasteiger partial charge in [0.1, 0.15) is 0 Å². The Hall–Kier alpha value is -1.25. The van der Waals surface area contributed by atoms with Crippen molar-refractivity contribution in [1.82, 2.24) is 0 Å². The van der Waals surface area contributed by atoms with Gasteiger partial charge in [0, 0.05) is 0 Å². The average molecular weight is 451 g/mol. The molecule has 0 heterocycles. The van der Waals surface area contributed by atoms with Crippen molar-refractivity contribution in [2.45, 2.75) is 136 Å². The van der Waals surface area contributed by atoms with E-state index in [0.29, 0.717) is 13.2 Å². The molecule has 0 aromatic rings.